The normalized spacial score (nSPS) is 13.1. The number of aromatic nitrogens is 2. The zero-order valence-electron chi connectivity index (χ0n) is 16.4. The number of nitrogens with zero attached hydrogens (tertiary/aromatic N) is 2. The number of benzene rings is 2. The molecule has 0 spiro atoms. The molecule has 0 radical (unpaired) electrons. The van der Waals surface area contributed by atoms with Gasteiger partial charge in [-0.2, -0.15) is 5.10 Å². The van der Waals surface area contributed by atoms with E-state index < -0.39 is 5.91 Å². The Bertz CT molecular complexity index is 1010. The van der Waals surface area contributed by atoms with Crippen LogP contribution in [0.2, 0.25) is 0 Å². The van der Waals surface area contributed by atoms with Gasteiger partial charge in [0.1, 0.15) is 0 Å². The smallest absolute Gasteiger partial charge is 0.248 e. The van der Waals surface area contributed by atoms with E-state index in [0.29, 0.717) is 31.9 Å². The minimum Gasteiger partial charge on any atom is -0.490 e. The van der Waals surface area contributed by atoms with Crippen LogP contribution >= 0.6 is 0 Å². The van der Waals surface area contributed by atoms with E-state index in [1.165, 1.54) is 0 Å². The Morgan fingerprint density at radius 3 is 2.62 bits per heavy atom. The summed E-state index contributed by atoms with van der Waals surface area (Å²) in [5, 5.41) is 8.08. The summed E-state index contributed by atoms with van der Waals surface area (Å²) in [4.78, 5) is 11.2. The van der Waals surface area contributed by atoms with Crippen molar-refractivity contribution in [1.82, 2.24) is 15.1 Å². The number of nitrogens with one attached hydrogen (secondary N) is 1. The summed E-state index contributed by atoms with van der Waals surface area (Å²) in [7, 11) is 1.92. The van der Waals surface area contributed by atoms with Gasteiger partial charge in [-0.1, -0.05) is 12.1 Å². The van der Waals surface area contributed by atoms with Crippen molar-refractivity contribution >= 4 is 5.91 Å². The summed E-state index contributed by atoms with van der Waals surface area (Å²) >= 11 is 0. The van der Waals surface area contributed by atoms with Gasteiger partial charge in [0.05, 0.1) is 18.9 Å². The molecule has 3 aromatic rings. The molecule has 7 heteroatoms. The number of hydrogen-bond donors (Lipinski definition) is 2. The molecule has 0 fully saturated rings. The van der Waals surface area contributed by atoms with E-state index in [2.05, 4.69) is 10.4 Å². The second-order valence-electron chi connectivity index (χ2n) is 7.05. The van der Waals surface area contributed by atoms with Gasteiger partial charge in [0.2, 0.25) is 5.91 Å². The highest BCUT2D eigenvalue weighted by atomic mass is 16.5. The Hall–Kier alpha value is -3.32. The Balaban J connectivity index is 1.47. The first-order chi connectivity index (χ1) is 14.1. The second kappa shape index (κ2) is 8.36. The highest BCUT2D eigenvalue weighted by molar-refractivity contribution is 5.92. The van der Waals surface area contributed by atoms with Crippen molar-refractivity contribution in [3.63, 3.8) is 0 Å². The number of carbonyl (C=O) groups is 1. The molecule has 0 saturated heterocycles. The van der Waals surface area contributed by atoms with Gasteiger partial charge < -0.3 is 20.5 Å². The Kier molecular flexibility index (Phi) is 5.48. The second-order valence-corrected chi connectivity index (χ2v) is 7.05. The first-order valence-electron chi connectivity index (χ1n) is 9.62. The average molecular weight is 392 g/mol. The van der Waals surface area contributed by atoms with Crippen LogP contribution in [0.15, 0.2) is 48.7 Å². The molecule has 1 aromatic heterocycles. The molecule has 150 valence electrons. The lowest BCUT2D eigenvalue weighted by molar-refractivity contribution is 0.100. The van der Waals surface area contributed by atoms with Crippen LogP contribution in [0.25, 0.3) is 11.3 Å². The predicted octanol–water partition coefficient (Wildman–Crippen LogP) is 2.64. The van der Waals surface area contributed by atoms with Crippen LogP contribution in [0.4, 0.5) is 0 Å². The summed E-state index contributed by atoms with van der Waals surface area (Å²) in [6.07, 6.45) is 2.89. The summed E-state index contributed by atoms with van der Waals surface area (Å²) < 4.78 is 13.4. The standard InChI is InChI=1S/C22H24N4O3/c1-26-14-18(13-24-12-15-3-5-16(6-4-15)22(23)27)21(25-26)17-7-8-19-20(11-17)29-10-2-9-28-19/h3-8,11,14,24H,2,9-10,12-13H2,1H3,(H2,23,27). The van der Waals surface area contributed by atoms with Crippen LogP contribution in [0, 0.1) is 0 Å². The lowest BCUT2D eigenvalue weighted by Crippen LogP contribution is -2.14. The number of nitrogens with two attached hydrogens (primary N) is 1. The fourth-order valence-corrected chi connectivity index (χ4v) is 3.35. The zero-order valence-corrected chi connectivity index (χ0v) is 16.4. The zero-order chi connectivity index (χ0) is 20.2. The van der Waals surface area contributed by atoms with Crippen molar-refractivity contribution in [2.45, 2.75) is 19.5 Å². The predicted molar refractivity (Wildman–Crippen MR) is 110 cm³/mol. The number of aryl methyl sites for hydroxylation is 1. The highest BCUT2D eigenvalue weighted by Crippen LogP contribution is 2.34. The molecule has 0 atom stereocenters. The molecule has 0 saturated carbocycles. The maximum absolute atomic E-state index is 11.2. The number of fused-ring (bicyclic) bond motifs is 1. The summed E-state index contributed by atoms with van der Waals surface area (Å²) in [5.41, 5.74) is 9.88. The van der Waals surface area contributed by atoms with Gasteiger partial charge in [0.15, 0.2) is 11.5 Å². The molecule has 1 aliphatic heterocycles. The number of hydrogen-bond acceptors (Lipinski definition) is 5. The van der Waals surface area contributed by atoms with Crippen LogP contribution < -0.4 is 20.5 Å². The van der Waals surface area contributed by atoms with Gasteiger partial charge in [0, 0.05) is 49.4 Å². The van der Waals surface area contributed by atoms with E-state index in [4.69, 9.17) is 15.2 Å². The number of carbonyl (C=O) groups excluding carboxylic acids is 1. The fraction of sp³-hybridized carbons (Fsp3) is 0.273. The third-order valence-electron chi connectivity index (χ3n) is 4.81. The van der Waals surface area contributed by atoms with Gasteiger partial charge in [-0.05, 0) is 35.9 Å². The van der Waals surface area contributed by atoms with Gasteiger partial charge in [0.25, 0.3) is 0 Å². The van der Waals surface area contributed by atoms with Crippen molar-refractivity contribution in [3.05, 3.63) is 65.4 Å². The number of ether oxygens (including phenoxy) is 2. The summed E-state index contributed by atoms with van der Waals surface area (Å²) in [6, 6.07) is 13.3. The average Bonchev–Trinajstić information content (AvgIpc) is 2.94. The molecule has 3 N–H and O–H groups in total. The van der Waals surface area contributed by atoms with E-state index in [1.807, 2.05) is 48.3 Å². The maximum Gasteiger partial charge on any atom is 0.248 e. The molecule has 1 amide bonds. The van der Waals surface area contributed by atoms with Gasteiger partial charge >= 0.3 is 0 Å². The van der Waals surface area contributed by atoms with Crippen molar-refractivity contribution in [3.8, 4) is 22.8 Å². The lowest BCUT2D eigenvalue weighted by atomic mass is 10.1. The van der Waals surface area contributed by atoms with Crippen molar-refractivity contribution in [1.29, 1.82) is 0 Å². The fourth-order valence-electron chi connectivity index (χ4n) is 3.35. The van der Waals surface area contributed by atoms with Crippen molar-refractivity contribution < 1.29 is 14.3 Å². The summed E-state index contributed by atoms with van der Waals surface area (Å²) in [5.74, 6) is 1.13. The van der Waals surface area contributed by atoms with Crippen molar-refractivity contribution in [2.75, 3.05) is 13.2 Å². The van der Waals surface area contributed by atoms with E-state index in [1.54, 1.807) is 12.1 Å². The van der Waals surface area contributed by atoms with Gasteiger partial charge in [-0.15, -0.1) is 0 Å². The van der Waals surface area contributed by atoms with Crippen molar-refractivity contribution in [2.24, 2.45) is 12.8 Å². The maximum atomic E-state index is 11.2. The van der Waals surface area contributed by atoms with E-state index in [-0.39, 0.29) is 0 Å². The van der Waals surface area contributed by atoms with Crippen LogP contribution in [-0.2, 0) is 20.1 Å². The largest absolute Gasteiger partial charge is 0.490 e. The van der Waals surface area contributed by atoms with Crippen LogP contribution in [0.3, 0.4) is 0 Å². The Labute approximate surface area is 169 Å². The highest BCUT2D eigenvalue weighted by Gasteiger charge is 2.15. The SMILES string of the molecule is Cn1cc(CNCc2ccc(C(N)=O)cc2)c(-c2ccc3c(c2)OCCCO3)n1. The monoisotopic (exact) mass is 392 g/mol. The minimum atomic E-state index is -0.417. The van der Waals surface area contributed by atoms with E-state index >= 15 is 0 Å². The third kappa shape index (κ3) is 4.41. The molecular weight excluding hydrogens is 368 g/mol. The molecule has 2 heterocycles. The first-order valence-corrected chi connectivity index (χ1v) is 9.62. The Morgan fingerprint density at radius 2 is 1.86 bits per heavy atom. The number of primary amides is 1. The van der Waals surface area contributed by atoms with Crippen LogP contribution in [-0.4, -0.2) is 28.9 Å². The van der Waals surface area contributed by atoms with Crippen LogP contribution in [0.1, 0.15) is 27.9 Å². The van der Waals surface area contributed by atoms with Gasteiger partial charge in [-0.3, -0.25) is 9.48 Å². The quantitative estimate of drug-likeness (QED) is 0.673. The number of amides is 1. The molecular formula is C22H24N4O3. The molecule has 7 nitrogen and oxygen atoms in total. The number of rotatable bonds is 6. The van der Waals surface area contributed by atoms with E-state index in [9.17, 15) is 4.79 Å². The molecule has 4 rings (SSSR count). The first kappa shape index (κ1) is 19.0. The molecule has 0 bridgehead atoms. The molecule has 2 aromatic carbocycles. The molecule has 0 aliphatic carbocycles. The molecule has 1 aliphatic rings. The topological polar surface area (TPSA) is 91.4 Å². The summed E-state index contributed by atoms with van der Waals surface area (Å²) in [6.45, 7) is 2.66. The molecule has 29 heavy (non-hydrogen) atoms. The van der Waals surface area contributed by atoms with E-state index in [0.717, 1.165) is 40.3 Å². The lowest BCUT2D eigenvalue weighted by Gasteiger charge is -2.10. The minimum absolute atomic E-state index is 0.417. The third-order valence-corrected chi connectivity index (χ3v) is 4.81. The Morgan fingerprint density at radius 1 is 1.10 bits per heavy atom. The molecule has 0 unspecified atom stereocenters. The van der Waals surface area contributed by atoms with Crippen LogP contribution in [0.5, 0.6) is 11.5 Å². The van der Waals surface area contributed by atoms with Gasteiger partial charge in [-0.25, -0.2) is 0 Å².